The van der Waals surface area contributed by atoms with Gasteiger partial charge in [-0.3, -0.25) is 0 Å². The molecule has 0 bridgehead atoms. The lowest BCUT2D eigenvalue weighted by atomic mass is 10.0. The van der Waals surface area contributed by atoms with Crippen LogP contribution in [-0.4, -0.2) is 0 Å². The minimum absolute atomic E-state index is 0.939. The van der Waals surface area contributed by atoms with Gasteiger partial charge in [-0.1, -0.05) is 25.5 Å². The highest BCUT2D eigenvalue weighted by Gasteiger charge is 2.00. The first-order chi connectivity index (χ1) is 3.89. The molecule has 0 radical (unpaired) electrons. The largest absolute Gasteiger partial charge is 0.0885 e. The van der Waals surface area contributed by atoms with Gasteiger partial charge in [-0.25, -0.2) is 0 Å². The standard InChI is InChI=1S/C8H14/c1-8-6-4-2-3-5-7-8/h2,4,8H,3,5-7H2,1H3/t8-/m0/s1. The molecule has 0 heterocycles. The third kappa shape index (κ3) is 1.69. The average molecular weight is 110 g/mol. The predicted octanol–water partition coefficient (Wildman–Crippen LogP) is 2.75. The van der Waals surface area contributed by atoms with Crippen molar-refractivity contribution < 1.29 is 0 Å². The average Bonchev–Trinajstić information content (AvgIpc) is 1.94. The maximum Gasteiger partial charge on any atom is -0.0325 e. The fourth-order valence-electron chi connectivity index (χ4n) is 1.15. The Bertz CT molecular complexity index is 82.0. The summed E-state index contributed by atoms with van der Waals surface area (Å²) in [5.74, 6) is 0.939. The van der Waals surface area contributed by atoms with Crippen LogP contribution in [0.15, 0.2) is 12.2 Å². The molecule has 0 unspecified atom stereocenters. The van der Waals surface area contributed by atoms with Gasteiger partial charge < -0.3 is 0 Å². The van der Waals surface area contributed by atoms with E-state index in [-0.39, 0.29) is 0 Å². The molecule has 0 fully saturated rings. The summed E-state index contributed by atoms with van der Waals surface area (Å²) in [5.41, 5.74) is 0. The van der Waals surface area contributed by atoms with Crippen molar-refractivity contribution in [3.05, 3.63) is 12.2 Å². The lowest BCUT2D eigenvalue weighted by Gasteiger charge is -2.01. The maximum atomic E-state index is 2.33. The molecule has 46 valence electrons. The highest BCUT2D eigenvalue weighted by molar-refractivity contribution is 4.86. The molecule has 0 heteroatoms. The van der Waals surface area contributed by atoms with Crippen LogP contribution in [0.3, 0.4) is 0 Å². The molecule has 1 aliphatic rings. The fourth-order valence-corrected chi connectivity index (χ4v) is 1.15. The van der Waals surface area contributed by atoms with Gasteiger partial charge in [-0.05, 0) is 25.2 Å². The van der Waals surface area contributed by atoms with Gasteiger partial charge in [0.15, 0.2) is 0 Å². The van der Waals surface area contributed by atoms with Gasteiger partial charge in [-0.15, -0.1) is 0 Å². The van der Waals surface area contributed by atoms with Crippen LogP contribution in [0.1, 0.15) is 32.6 Å². The zero-order chi connectivity index (χ0) is 5.82. The Morgan fingerprint density at radius 2 is 2.25 bits per heavy atom. The van der Waals surface area contributed by atoms with E-state index in [0.29, 0.717) is 0 Å². The summed E-state index contributed by atoms with van der Waals surface area (Å²) >= 11 is 0. The molecule has 0 spiro atoms. The summed E-state index contributed by atoms with van der Waals surface area (Å²) in [6.07, 6.45) is 10.1. The Morgan fingerprint density at radius 1 is 1.38 bits per heavy atom. The van der Waals surface area contributed by atoms with Crippen LogP contribution in [0.4, 0.5) is 0 Å². The van der Waals surface area contributed by atoms with Crippen LogP contribution in [-0.2, 0) is 0 Å². The van der Waals surface area contributed by atoms with Gasteiger partial charge >= 0.3 is 0 Å². The van der Waals surface area contributed by atoms with Crippen LogP contribution >= 0.6 is 0 Å². The lowest BCUT2D eigenvalue weighted by molar-refractivity contribution is 0.532. The van der Waals surface area contributed by atoms with E-state index in [1.807, 2.05) is 0 Å². The van der Waals surface area contributed by atoms with Gasteiger partial charge in [-0.2, -0.15) is 0 Å². The van der Waals surface area contributed by atoms with Crippen LogP contribution in [0.5, 0.6) is 0 Å². The van der Waals surface area contributed by atoms with E-state index in [1.165, 1.54) is 25.7 Å². The molecule has 0 aromatic heterocycles. The van der Waals surface area contributed by atoms with Crippen molar-refractivity contribution in [2.45, 2.75) is 32.6 Å². The van der Waals surface area contributed by atoms with Crippen molar-refractivity contribution in [1.82, 2.24) is 0 Å². The highest BCUT2D eigenvalue weighted by Crippen LogP contribution is 2.16. The molecule has 0 saturated carbocycles. The fraction of sp³-hybridized carbons (Fsp3) is 0.750. The second-order valence-corrected chi connectivity index (χ2v) is 2.74. The van der Waals surface area contributed by atoms with Crippen molar-refractivity contribution in [2.24, 2.45) is 5.92 Å². The molecular weight excluding hydrogens is 96.1 g/mol. The quantitative estimate of drug-likeness (QED) is 0.420. The molecule has 1 aliphatic carbocycles. The summed E-state index contributed by atoms with van der Waals surface area (Å²) in [6.45, 7) is 2.33. The minimum Gasteiger partial charge on any atom is -0.0885 e. The van der Waals surface area contributed by atoms with Gasteiger partial charge in [0.05, 0.1) is 0 Å². The van der Waals surface area contributed by atoms with E-state index >= 15 is 0 Å². The molecule has 0 nitrogen and oxygen atoms in total. The van der Waals surface area contributed by atoms with Gasteiger partial charge in [0.2, 0.25) is 0 Å². The third-order valence-electron chi connectivity index (χ3n) is 1.77. The van der Waals surface area contributed by atoms with Crippen molar-refractivity contribution in [1.29, 1.82) is 0 Å². The third-order valence-corrected chi connectivity index (χ3v) is 1.77. The molecule has 0 aromatic rings. The monoisotopic (exact) mass is 110 g/mol. The van der Waals surface area contributed by atoms with Crippen molar-refractivity contribution in [2.75, 3.05) is 0 Å². The van der Waals surface area contributed by atoms with E-state index in [2.05, 4.69) is 19.1 Å². The Balaban J connectivity index is 2.30. The summed E-state index contributed by atoms with van der Waals surface area (Å²) in [7, 11) is 0. The number of allylic oxidation sites excluding steroid dienone is 2. The second kappa shape index (κ2) is 2.91. The van der Waals surface area contributed by atoms with E-state index in [9.17, 15) is 0 Å². The van der Waals surface area contributed by atoms with Crippen molar-refractivity contribution in [3.63, 3.8) is 0 Å². The molecule has 0 N–H and O–H groups in total. The molecule has 0 aliphatic heterocycles. The number of hydrogen-bond donors (Lipinski definition) is 0. The number of hydrogen-bond acceptors (Lipinski definition) is 0. The van der Waals surface area contributed by atoms with Gasteiger partial charge in [0.25, 0.3) is 0 Å². The van der Waals surface area contributed by atoms with Crippen molar-refractivity contribution >= 4 is 0 Å². The summed E-state index contributed by atoms with van der Waals surface area (Å²) in [6, 6.07) is 0. The first-order valence-corrected chi connectivity index (χ1v) is 3.54. The molecule has 0 aromatic carbocycles. The molecule has 0 amide bonds. The van der Waals surface area contributed by atoms with Crippen LogP contribution in [0.25, 0.3) is 0 Å². The predicted molar refractivity (Wildman–Crippen MR) is 36.8 cm³/mol. The molecule has 8 heavy (non-hydrogen) atoms. The Morgan fingerprint density at radius 3 is 3.12 bits per heavy atom. The SMILES string of the molecule is C[C@H]1CC=CCCC1. The van der Waals surface area contributed by atoms with Gasteiger partial charge in [0, 0.05) is 0 Å². The first kappa shape index (κ1) is 5.87. The van der Waals surface area contributed by atoms with E-state index < -0.39 is 0 Å². The Labute approximate surface area is 51.6 Å². The minimum atomic E-state index is 0.939. The Hall–Kier alpha value is -0.260. The topological polar surface area (TPSA) is 0 Å². The normalized spacial score (nSPS) is 29.9. The molecule has 1 rings (SSSR count). The zero-order valence-corrected chi connectivity index (χ0v) is 5.56. The summed E-state index contributed by atoms with van der Waals surface area (Å²) < 4.78 is 0. The van der Waals surface area contributed by atoms with Crippen molar-refractivity contribution in [3.8, 4) is 0 Å². The summed E-state index contributed by atoms with van der Waals surface area (Å²) in [4.78, 5) is 0. The summed E-state index contributed by atoms with van der Waals surface area (Å²) in [5, 5.41) is 0. The zero-order valence-electron chi connectivity index (χ0n) is 5.56. The van der Waals surface area contributed by atoms with E-state index in [4.69, 9.17) is 0 Å². The van der Waals surface area contributed by atoms with E-state index in [1.54, 1.807) is 0 Å². The van der Waals surface area contributed by atoms with E-state index in [0.717, 1.165) is 5.92 Å². The number of rotatable bonds is 0. The first-order valence-electron chi connectivity index (χ1n) is 3.54. The maximum absolute atomic E-state index is 2.33. The Kier molecular flexibility index (Phi) is 2.13. The molecule has 1 atom stereocenters. The molecule has 0 saturated heterocycles. The van der Waals surface area contributed by atoms with Crippen LogP contribution < -0.4 is 0 Å². The smallest absolute Gasteiger partial charge is 0.0325 e. The van der Waals surface area contributed by atoms with Crippen LogP contribution in [0.2, 0.25) is 0 Å². The second-order valence-electron chi connectivity index (χ2n) is 2.74. The lowest BCUT2D eigenvalue weighted by Crippen LogP contribution is -1.88. The van der Waals surface area contributed by atoms with Crippen LogP contribution in [0, 0.1) is 5.92 Å². The molecular formula is C8H14. The van der Waals surface area contributed by atoms with Gasteiger partial charge in [0.1, 0.15) is 0 Å². The highest BCUT2D eigenvalue weighted by atomic mass is 14.1.